The molecule has 0 unspecified atom stereocenters. The third kappa shape index (κ3) is 1.74. The molecule has 2 aromatic carbocycles. The van der Waals surface area contributed by atoms with Gasteiger partial charge in [-0.2, -0.15) is 0 Å². The SMILES string of the molecule is c1ccc(-c2ccc3c(c2)CNCC3)cc1. The second-order valence-corrected chi connectivity index (χ2v) is 4.28. The van der Waals surface area contributed by atoms with Gasteiger partial charge in [-0.25, -0.2) is 0 Å². The van der Waals surface area contributed by atoms with Crippen LogP contribution in [0.25, 0.3) is 11.1 Å². The lowest BCUT2D eigenvalue weighted by Crippen LogP contribution is -2.23. The molecule has 0 aliphatic carbocycles. The van der Waals surface area contributed by atoms with Crippen LogP contribution >= 0.6 is 0 Å². The third-order valence-electron chi connectivity index (χ3n) is 3.20. The molecule has 0 fully saturated rings. The monoisotopic (exact) mass is 209 g/mol. The molecule has 2 aromatic rings. The smallest absolute Gasteiger partial charge is 0.0208 e. The highest BCUT2D eigenvalue weighted by atomic mass is 14.9. The van der Waals surface area contributed by atoms with Gasteiger partial charge in [-0.05, 0) is 41.3 Å². The Labute approximate surface area is 96.1 Å². The number of fused-ring (bicyclic) bond motifs is 1. The van der Waals surface area contributed by atoms with Crippen LogP contribution in [0.15, 0.2) is 48.5 Å². The Kier molecular flexibility index (Phi) is 2.47. The molecule has 3 rings (SSSR count). The number of nitrogens with one attached hydrogen (secondary N) is 1. The Morgan fingerprint density at radius 1 is 0.812 bits per heavy atom. The second kappa shape index (κ2) is 4.11. The van der Waals surface area contributed by atoms with E-state index in [1.54, 1.807) is 0 Å². The highest BCUT2D eigenvalue weighted by Crippen LogP contribution is 2.23. The third-order valence-corrected chi connectivity index (χ3v) is 3.20. The van der Waals surface area contributed by atoms with Crippen molar-refractivity contribution < 1.29 is 0 Å². The Morgan fingerprint density at radius 2 is 1.69 bits per heavy atom. The van der Waals surface area contributed by atoms with Gasteiger partial charge in [0.1, 0.15) is 0 Å². The van der Waals surface area contributed by atoms with Crippen LogP contribution in [-0.4, -0.2) is 6.54 Å². The van der Waals surface area contributed by atoms with Gasteiger partial charge in [-0.15, -0.1) is 0 Å². The number of hydrogen-bond acceptors (Lipinski definition) is 1. The van der Waals surface area contributed by atoms with Gasteiger partial charge in [-0.3, -0.25) is 0 Å². The topological polar surface area (TPSA) is 12.0 Å². The van der Waals surface area contributed by atoms with Crippen LogP contribution in [0.4, 0.5) is 0 Å². The molecule has 0 amide bonds. The molecule has 0 spiro atoms. The zero-order valence-electron chi connectivity index (χ0n) is 9.24. The van der Waals surface area contributed by atoms with E-state index >= 15 is 0 Å². The van der Waals surface area contributed by atoms with Crippen LogP contribution < -0.4 is 5.32 Å². The second-order valence-electron chi connectivity index (χ2n) is 4.28. The van der Waals surface area contributed by atoms with E-state index in [1.807, 2.05) is 0 Å². The molecule has 1 nitrogen and oxygen atoms in total. The average Bonchev–Trinajstić information content (AvgIpc) is 2.39. The normalized spacial score (nSPS) is 14.5. The summed E-state index contributed by atoms with van der Waals surface area (Å²) in [6.45, 7) is 2.12. The van der Waals surface area contributed by atoms with E-state index in [0.29, 0.717) is 0 Å². The van der Waals surface area contributed by atoms with Crippen LogP contribution in [0.2, 0.25) is 0 Å². The standard InChI is InChI=1S/C15H15N/c1-2-4-12(5-3-1)14-7-6-13-8-9-16-11-15(13)10-14/h1-7,10,16H,8-9,11H2. The lowest BCUT2D eigenvalue weighted by atomic mass is 9.96. The van der Waals surface area contributed by atoms with Crippen molar-refractivity contribution in [2.24, 2.45) is 0 Å². The van der Waals surface area contributed by atoms with Crippen LogP contribution in [0.5, 0.6) is 0 Å². The minimum atomic E-state index is 1.01. The minimum Gasteiger partial charge on any atom is -0.312 e. The van der Waals surface area contributed by atoms with Crippen molar-refractivity contribution in [3.63, 3.8) is 0 Å². The summed E-state index contributed by atoms with van der Waals surface area (Å²) in [6, 6.07) is 17.4. The van der Waals surface area contributed by atoms with Crippen molar-refractivity contribution in [3.05, 3.63) is 59.7 Å². The molecule has 0 bridgehead atoms. The van der Waals surface area contributed by atoms with Crippen molar-refractivity contribution in [3.8, 4) is 11.1 Å². The molecule has 0 saturated heterocycles. The minimum absolute atomic E-state index is 1.01. The summed E-state index contributed by atoms with van der Waals surface area (Å²) in [5.41, 5.74) is 5.57. The molecule has 0 aromatic heterocycles. The van der Waals surface area contributed by atoms with Gasteiger partial charge in [0.05, 0.1) is 0 Å². The summed E-state index contributed by atoms with van der Waals surface area (Å²) >= 11 is 0. The molecule has 16 heavy (non-hydrogen) atoms. The molecular formula is C15H15N. The van der Waals surface area contributed by atoms with E-state index in [9.17, 15) is 0 Å². The van der Waals surface area contributed by atoms with E-state index in [2.05, 4.69) is 53.8 Å². The summed E-state index contributed by atoms with van der Waals surface area (Å²) in [5.74, 6) is 0. The highest BCUT2D eigenvalue weighted by molar-refractivity contribution is 5.64. The van der Waals surface area contributed by atoms with Crippen molar-refractivity contribution in [1.82, 2.24) is 5.32 Å². The van der Waals surface area contributed by atoms with Gasteiger partial charge in [0.2, 0.25) is 0 Å². The fourth-order valence-corrected chi connectivity index (χ4v) is 2.29. The summed E-state index contributed by atoms with van der Waals surface area (Å²) in [5, 5.41) is 3.42. The summed E-state index contributed by atoms with van der Waals surface area (Å²) < 4.78 is 0. The largest absolute Gasteiger partial charge is 0.312 e. The molecule has 1 aliphatic rings. The fraction of sp³-hybridized carbons (Fsp3) is 0.200. The first-order valence-corrected chi connectivity index (χ1v) is 5.81. The van der Waals surface area contributed by atoms with Crippen LogP contribution in [0.1, 0.15) is 11.1 Å². The zero-order chi connectivity index (χ0) is 10.8. The molecule has 1 heterocycles. The molecule has 1 heteroatoms. The molecule has 1 N–H and O–H groups in total. The molecule has 1 aliphatic heterocycles. The molecule has 0 atom stereocenters. The number of hydrogen-bond donors (Lipinski definition) is 1. The van der Waals surface area contributed by atoms with Crippen LogP contribution in [0, 0.1) is 0 Å². The first-order chi connectivity index (χ1) is 7.93. The first-order valence-electron chi connectivity index (χ1n) is 5.81. The Bertz CT molecular complexity index is 488. The lowest BCUT2D eigenvalue weighted by molar-refractivity contribution is 0.644. The van der Waals surface area contributed by atoms with Gasteiger partial charge in [-0.1, -0.05) is 42.5 Å². The van der Waals surface area contributed by atoms with E-state index in [4.69, 9.17) is 0 Å². The highest BCUT2D eigenvalue weighted by Gasteiger charge is 2.09. The van der Waals surface area contributed by atoms with Crippen LogP contribution in [0.3, 0.4) is 0 Å². The first kappa shape index (κ1) is 9.61. The lowest BCUT2D eigenvalue weighted by Gasteiger charge is -2.17. The van der Waals surface area contributed by atoms with Gasteiger partial charge in [0.15, 0.2) is 0 Å². The summed E-state index contributed by atoms with van der Waals surface area (Å²) in [4.78, 5) is 0. The van der Waals surface area contributed by atoms with Crippen molar-refractivity contribution >= 4 is 0 Å². The van der Waals surface area contributed by atoms with E-state index < -0.39 is 0 Å². The summed E-state index contributed by atoms with van der Waals surface area (Å²) in [6.07, 6.45) is 1.16. The van der Waals surface area contributed by atoms with E-state index in [0.717, 1.165) is 19.5 Å². The van der Waals surface area contributed by atoms with Gasteiger partial charge in [0.25, 0.3) is 0 Å². The molecule has 80 valence electrons. The maximum atomic E-state index is 3.42. The van der Waals surface area contributed by atoms with E-state index in [1.165, 1.54) is 22.3 Å². The van der Waals surface area contributed by atoms with Crippen LogP contribution in [-0.2, 0) is 13.0 Å². The summed E-state index contributed by atoms with van der Waals surface area (Å²) in [7, 11) is 0. The number of rotatable bonds is 1. The van der Waals surface area contributed by atoms with Crippen molar-refractivity contribution in [2.45, 2.75) is 13.0 Å². The Morgan fingerprint density at radius 3 is 2.56 bits per heavy atom. The number of benzene rings is 2. The van der Waals surface area contributed by atoms with Gasteiger partial charge < -0.3 is 5.32 Å². The predicted octanol–water partition coefficient (Wildman–Crippen LogP) is 3.00. The van der Waals surface area contributed by atoms with Gasteiger partial charge >= 0.3 is 0 Å². The van der Waals surface area contributed by atoms with Gasteiger partial charge in [0, 0.05) is 6.54 Å². The average molecular weight is 209 g/mol. The molecular weight excluding hydrogens is 194 g/mol. The Hall–Kier alpha value is -1.60. The van der Waals surface area contributed by atoms with E-state index in [-0.39, 0.29) is 0 Å². The molecule has 0 saturated carbocycles. The zero-order valence-corrected chi connectivity index (χ0v) is 9.24. The Balaban J connectivity index is 2.03. The quantitative estimate of drug-likeness (QED) is 0.761. The maximum absolute atomic E-state index is 3.42. The predicted molar refractivity (Wildman–Crippen MR) is 67.3 cm³/mol. The maximum Gasteiger partial charge on any atom is 0.0208 e. The van der Waals surface area contributed by atoms with Crippen molar-refractivity contribution in [1.29, 1.82) is 0 Å². The van der Waals surface area contributed by atoms with Crippen molar-refractivity contribution in [2.75, 3.05) is 6.54 Å². The molecule has 0 radical (unpaired) electrons. The fourth-order valence-electron chi connectivity index (χ4n) is 2.29.